The Morgan fingerprint density at radius 1 is 1.23 bits per heavy atom. The monoisotopic (exact) mass is 453 g/mol. The van der Waals surface area contributed by atoms with E-state index in [9.17, 15) is 21.6 Å². The smallest absolute Gasteiger partial charge is 0.518 e. The molecule has 1 heterocycles. The summed E-state index contributed by atoms with van der Waals surface area (Å²) < 4.78 is 64.6. The van der Waals surface area contributed by atoms with Crippen molar-refractivity contribution < 1.29 is 21.6 Å². The number of likely N-dealkylation sites (N-methyl/N-ethyl adjacent to an activating group) is 1. The summed E-state index contributed by atoms with van der Waals surface area (Å²) in [6, 6.07) is 1.71. The number of hydrogen-bond acceptors (Lipinski definition) is 6. The van der Waals surface area contributed by atoms with Gasteiger partial charge >= 0.3 is 15.5 Å². The molecule has 0 bridgehead atoms. The van der Waals surface area contributed by atoms with Crippen molar-refractivity contribution in [2.45, 2.75) is 19.4 Å². The second kappa shape index (κ2) is 9.07. The quantitative estimate of drug-likeness (QED) is 0.355. The molecule has 0 aromatic carbocycles. The number of nitrogens with zero attached hydrogens (tertiary/aromatic N) is 8. The van der Waals surface area contributed by atoms with Crippen LogP contribution in [0.1, 0.15) is 13.8 Å². The van der Waals surface area contributed by atoms with Crippen LogP contribution in [0, 0.1) is 11.3 Å². The van der Waals surface area contributed by atoms with Crippen LogP contribution in [-0.2, 0) is 10.0 Å². The zero-order valence-corrected chi connectivity index (χ0v) is 17.4. The van der Waals surface area contributed by atoms with Gasteiger partial charge in [-0.3, -0.25) is 0 Å². The van der Waals surface area contributed by atoms with Crippen molar-refractivity contribution >= 4 is 39.0 Å². The predicted molar refractivity (Wildman–Crippen MR) is 110 cm³/mol. The standard InChI is InChI=1S/C17H16F3N8O2S/c1-4-28(5-2)11-6-7-12(13(8-11)26-31(29,30)17(18,19)20)24-25-16-23-14(9-21)15(10-22)27(16)3/h6-8H,4-5H2,1-3H3/q-1/b24-12?,25-16?,26-13+. The van der Waals surface area contributed by atoms with E-state index in [2.05, 4.69) is 19.6 Å². The van der Waals surface area contributed by atoms with Crippen molar-refractivity contribution in [2.24, 2.45) is 19.6 Å². The van der Waals surface area contributed by atoms with Gasteiger partial charge in [-0.05, 0) is 32.1 Å². The van der Waals surface area contributed by atoms with Gasteiger partial charge in [0, 0.05) is 25.8 Å². The summed E-state index contributed by atoms with van der Waals surface area (Å²) in [7, 11) is -4.44. The van der Waals surface area contributed by atoms with E-state index in [1.165, 1.54) is 19.2 Å². The summed E-state index contributed by atoms with van der Waals surface area (Å²) in [5.41, 5.74) is -6.28. The SMILES string of the molecule is CCN(CC)C1=C/C(=N\S(=O)(=O)C(F)(F)F)C(=NN=C2N=C(C#N)C(=C=[N-])N2C)C=C1. The first kappa shape index (κ1) is 23.7. The van der Waals surface area contributed by atoms with Crippen molar-refractivity contribution in [2.75, 3.05) is 20.1 Å². The van der Waals surface area contributed by atoms with Gasteiger partial charge in [0.25, 0.3) is 5.96 Å². The Labute approximate surface area is 176 Å². The molecule has 0 radical (unpaired) electrons. The van der Waals surface area contributed by atoms with Crippen LogP contribution in [-0.4, -0.2) is 72.8 Å². The summed E-state index contributed by atoms with van der Waals surface area (Å²) in [6.45, 7) is 4.68. The Kier molecular flexibility index (Phi) is 6.94. The number of hydrogen-bond donors (Lipinski definition) is 0. The van der Waals surface area contributed by atoms with Crippen LogP contribution < -0.4 is 0 Å². The molecule has 164 valence electrons. The van der Waals surface area contributed by atoms with E-state index in [0.717, 1.165) is 11.0 Å². The maximum Gasteiger partial charge on any atom is 0.518 e. The normalized spacial score (nSPS) is 20.7. The van der Waals surface area contributed by atoms with Crippen LogP contribution in [0.3, 0.4) is 0 Å². The molecule has 10 nitrogen and oxygen atoms in total. The molecule has 2 rings (SSSR count). The van der Waals surface area contributed by atoms with E-state index in [0.29, 0.717) is 18.8 Å². The minimum atomic E-state index is -5.83. The fourth-order valence-electron chi connectivity index (χ4n) is 2.52. The molecular formula is C17H16F3N8O2S-. The van der Waals surface area contributed by atoms with E-state index in [4.69, 9.17) is 10.7 Å². The number of sulfonamides is 1. The van der Waals surface area contributed by atoms with Crippen LogP contribution in [0.15, 0.2) is 49.2 Å². The van der Waals surface area contributed by atoms with Crippen molar-refractivity contribution in [1.82, 2.24) is 9.80 Å². The molecule has 0 aromatic rings. The summed E-state index contributed by atoms with van der Waals surface area (Å²) in [5.74, 6) is 1.60. The van der Waals surface area contributed by atoms with Gasteiger partial charge in [0.15, 0.2) is 5.71 Å². The molecule has 1 aliphatic heterocycles. The third-order valence-corrected chi connectivity index (χ3v) is 5.15. The molecule has 0 amide bonds. The summed E-state index contributed by atoms with van der Waals surface area (Å²) in [5, 5.41) is 25.6. The largest absolute Gasteiger partial charge is 0.761 e. The molecule has 0 aromatic heterocycles. The van der Waals surface area contributed by atoms with Crippen molar-refractivity contribution in [3.8, 4) is 6.07 Å². The van der Waals surface area contributed by atoms with Gasteiger partial charge < -0.3 is 15.2 Å². The highest BCUT2D eigenvalue weighted by Gasteiger charge is 2.46. The number of allylic oxidation sites excluding steroid dienone is 4. The topological polar surface area (TPSA) is 136 Å². The fourth-order valence-corrected chi connectivity index (χ4v) is 3.03. The fraction of sp³-hybridized carbons (Fsp3) is 0.353. The third-order valence-electron chi connectivity index (χ3n) is 4.13. The average molecular weight is 453 g/mol. The molecule has 0 saturated carbocycles. The molecule has 14 heteroatoms. The first-order valence-electron chi connectivity index (χ1n) is 8.70. The highest BCUT2D eigenvalue weighted by molar-refractivity contribution is 7.91. The predicted octanol–water partition coefficient (Wildman–Crippen LogP) is 1.82. The Bertz CT molecular complexity index is 1140. The molecule has 0 atom stereocenters. The number of rotatable bonds is 5. The number of halogens is 3. The second-order valence-corrected chi connectivity index (χ2v) is 7.54. The third kappa shape index (κ3) is 4.96. The number of guanidine groups is 1. The molecule has 0 unspecified atom stereocenters. The highest BCUT2D eigenvalue weighted by Crippen LogP contribution is 2.26. The number of aliphatic imine (C=N–C) groups is 1. The van der Waals surface area contributed by atoms with E-state index in [-0.39, 0.29) is 23.1 Å². The Hall–Kier alpha value is -3.56. The van der Waals surface area contributed by atoms with Gasteiger partial charge in [0.2, 0.25) is 0 Å². The summed E-state index contributed by atoms with van der Waals surface area (Å²) in [4.78, 5) is 6.75. The lowest BCUT2D eigenvalue weighted by Crippen LogP contribution is -2.28. The zero-order chi connectivity index (χ0) is 23.4. The Balaban J connectivity index is 2.59. The number of alkyl halides is 3. The van der Waals surface area contributed by atoms with Crippen LogP contribution in [0.25, 0.3) is 5.41 Å². The van der Waals surface area contributed by atoms with Gasteiger partial charge in [-0.15, -0.1) is 10.2 Å². The first-order valence-corrected chi connectivity index (χ1v) is 10.1. The summed E-state index contributed by atoms with van der Waals surface area (Å²) in [6.07, 6.45) is 3.95. The van der Waals surface area contributed by atoms with Crippen LogP contribution in [0.5, 0.6) is 0 Å². The lowest BCUT2D eigenvalue weighted by molar-refractivity contribution is -0.0435. The molecule has 0 spiro atoms. The van der Waals surface area contributed by atoms with E-state index >= 15 is 0 Å². The molecule has 0 N–H and O–H groups in total. The highest BCUT2D eigenvalue weighted by atomic mass is 32.2. The summed E-state index contributed by atoms with van der Waals surface area (Å²) >= 11 is 0. The molecule has 1 aliphatic carbocycles. The van der Waals surface area contributed by atoms with Crippen LogP contribution in [0.4, 0.5) is 13.2 Å². The zero-order valence-electron chi connectivity index (χ0n) is 16.6. The first-order chi connectivity index (χ1) is 14.5. The van der Waals surface area contributed by atoms with E-state index in [1.54, 1.807) is 16.8 Å². The van der Waals surface area contributed by atoms with Crippen molar-refractivity contribution in [1.29, 1.82) is 5.26 Å². The van der Waals surface area contributed by atoms with Crippen LogP contribution in [0.2, 0.25) is 0 Å². The second-order valence-electron chi connectivity index (χ2n) is 5.95. The van der Waals surface area contributed by atoms with Crippen molar-refractivity contribution in [3.05, 3.63) is 35.0 Å². The van der Waals surface area contributed by atoms with Gasteiger partial charge in [-0.1, -0.05) is 0 Å². The lowest BCUT2D eigenvalue weighted by Gasteiger charge is -2.24. The van der Waals surface area contributed by atoms with E-state index in [1.807, 2.05) is 13.8 Å². The van der Waals surface area contributed by atoms with Gasteiger partial charge in [0.05, 0.1) is 0 Å². The lowest BCUT2D eigenvalue weighted by atomic mass is 10.1. The van der Waals surface area contributed by atoms with E-state index < -0.39 is 21.2 Å². The number of nitriles is 1. The van der Waals surface area contributed by atoms with Crippen LogP contribution >= 0.6 is 0 Å². The Morgan fingerprint density at radius 3 is 2.35 bits per heavy atom. The van der Waals surface area contributed by atoms with Crippen molar-refractivity contribution in [3.63, 3.8) is 0 Å². The molecule has 31 heavy (non-hydrogen) atoms. The van der Waals surface area contributed by atoms with Gasteiger partial charge in [-0.25, -0.2) is 5.87 Å². The molecule has 0 fully saturated rings. The van der Waals surface area contributed by atoms with Gasteiger partial charge in [-0.2, -0.15) is 36.2 Å². The maximum atomic E-state index is 12.9. The van der Waals surface area contributed by atoms with Gasteiger partial charge in [0.1, 0.15) is 23.2 Å². The molecule has 2 aliphatic rings. The average Bonchev–Trinajstić information content (AvgIpc) is 3.01. The minimum Gasteiger partial charge on any atom is -0.761 e. The molecular weight excluding hydrogens is 437 g/mol. The minimum absolute atomic E-state index is 0.0853. The Morgan fingerprint density at radius 2 is 1.87 bits per heavy atom. The maximum absolute atomic E-state index is 12.9. The molecule has 0 saturated heterocycles.